The first-order chi connectivity index (χ1) is 8.90. The predicted octanol–water partition coefficient (Wildman–Crippen LogP) is 1.60. The van der Waals surface area contributed by atoms with E-state index < -0.39 is 18.1 Å². The highest BCUT2D eigenvalue weighted by atomic mass is 35.5. The molecule has 1 rings (SSSR count). The highest BCUT2D eigenvalue weighted by molar-refractivity contribution is 7.16. The number of carboxylic acid groups (broad SMARTS) is 1. The van der Waals surface area contributed by atoms with Gasteiger partial charge in [0.25, 0.3) is 0 Å². The first kappa shape index (κ1) is 15.7. The largest absolute Gasteiger partial charge is 0.479 e. The van der Waals surface area contributed by atoms with Gasteiger partial charge in [-0.15, -0.1) is 11.3 Å². The smallest absolute Gasteiger partial charge is 0.332 e. The number of carbonyl (C=O) groups excluding carboxylic acids is 1. The van der Waals surface area contributed by atoms with E-state index in [-0.39, 0.29) is 19.0 Å². The van der Waals surface area contributed by atoms with Crippen LogP contribution in [0.25, 0.3) is 0 Å². The molecule has 8 heteroatoms. The summed E-state index contributed by atoms with van der Waals surface area (Å²) < 4.78 is 0.647. The number of aliphatic hydroxyl groups is 1. The summed E-state index contributed by atoms with van der Waals surface area (Å²) in [5.41, 5.74) is 0. The molecule has 2 atom stereocenters. The van der Waals surface area contributed by atoms with Gasteiger partial charge in [-0.3, -0.25) is 0 Å². The highest BCUT2D eigenvalue weighted by Gasteiger charge is 2.14. The van der Waals surface area contributed by atoms with E-state index in [4.69, 9.17) is 21.8 Å². The molecule has 1 aromatic rings. The minimum atomic E-state index is -1.46. The number of carboxylic acids is 1. The molecule has 0 spiro atoms. The Kier molecular flexibility index (Phi) is 6.07. The van der Waals surface area contributed by atoms with Crippen molar-refractivity contribution < 1.29 is 19.8 Å². The van der Waals surface area contributed by atoms with Gasteiger partial charge in [0.15, 0.2) is 6.10 Å². The predicted molar refractivity (Wildman–Crippen MR) is 72.5 cm³/mol. The van der Waals surface area contributed by atoms with E-state index in [0.717, 1.165) is 4.88 Å². The average molecular weight is 307 g/mol. The maximum Gasteiger partial charge on any atom is 0.332 e. The minimum Gasteiger partial charge on any atom is -0.479 e. The molecular formula is C11H15ClN2O4S. The maximum atomic E-state index is 11.5. The van der Waals surface area contributed by atoms with Crippen molar-refractivity contribution >= 4 is 34.9 Å². The molecule has 6 nitrogen and oxygen atoms in total. The zero-order valence-electron chi connectivity index (χ0n) is 10.2. The Morgan fingerprint density at radius 1 is 1.47 bits per heavy atom. The molecule has 0 bridgehead atoms. The molecule has 0 fully saturated rings. The maximum absolute atomic E-state index is 11.5. The zero-order valence-corrected chi connectivity index (χ0v) is 11.8. The van der Waals surface area contributed by atoms with Gasteiger partial charge in [-0.1, -0.05) is 11.6 Å². The van der Waals surface area contributed by atoms with Gasteiger partial charge in [0.2, 0.25) is 0 Å². The first-order valence-corrected chi connectivity index (χ1v) is 6.80. The quantitative estimate of drug-likeness (QED) is 0.641. The summed E-state index contributed by atoms with van der Waals surface area (Å²) in [7, 11) is 0. The molecule has 0 aliphatic heterocycles. The third kappa shape index (κ3) is 5.46. The number of urea groups is 1. The molecule has 106 valence electrons. The van der Waals surface area contributed by atoms with E-state index in [0.29, 0.717) is 4.34 Å². The van der Waals surface area contributed by atoms with Crippen LogP contribution in [0.1, 0.15) is 24.3 Å². The monoisotopic (exact) mass is 306 g/mol. The molecule has 2 amide bonds. The van der Waals surface area contributed by atoms with E-state index >= 15 is 0 Å². The van der Waals surface area contributed by atoms with Crippen molar-refractivity contribution in [2.45, 2.75) is 25.5 Å². The molecule has 0 saturated carbocycles. The lowest BCUT2D eigenvalue weighted by atomic mass is 10.2. The number of halogens is 1. The fraction of sp³-hybridized carbons (Fsp3) is 0.455. The summed E-state index contributed by atoms with van der Waals surface area (Å²) in [4.78, 5) is 22.8. The summed E-state index contributed by atoms with van der Waals surface area (Å²) in [6.45, 7) is 1.89. The molecule has 19 heavy (non-hydrogen) atoms. The Morgan fingerprint density at radius 3 is 2.68 bits per heavy atom. The highest BCUT2D eigenvalue weighted by Crippen LogP contribution is 2.26. The molecule has 1 heterocycles. The number of hydrogen-bond acceptors (Lipinski definition) is 4. The number of carbonyl (C=O) groups is 2. The van der Waals surface area contributed by atoms with Crippen molar-refractivity contribution in [2.75, 3.05) is 6.54 Å². The van der Waals surface area contributed by atoms with Gasteiger partial charge in [0, 0.05) is 17.8 Å². The SMILES string of the molecule is CC(NC(=O)NCCC(O)C(=O)O)c1ccc(Cl)s1. The number of aliphatic hydroxyl groups excluding tert-OH is 1. The van der Waals surface area contributed by atoms with Crippen LogP contribution >= 0.6 is 22.9 Å². The lowest BCUT2D eigenvalue weighted by Gasteiger charge is -2.13. The van der Waals surface area contributed by atoms with E-state index in [1.54, 1.807) is 6.07 Å². The number of rotatable bonds is 6. The molecule has 2 unspecified atom stereocenters. The Balaban J connectivity index is 2.29. The van der Waals surface area contributed by atoms with Crippen LogP contribution in [-0.2, 0) is 4.79 Å². The van der Waals surface area contributed by atoms with Crippen molar-refractivity contribution in [3.63, 3.8) is 0 Å². The molecule has 0 aromatic carbocycles. The van der Waals surface area contributed by atoms with Gasteiger partial charge in [-0.25, -0.2) is 9.59 Å². The summed E-state index contributed by atoms with van der Waals surface area (Å²) >= 11 is 7.17. The topological polar surface area (TPSA) is 98.7 Å². The second kappa shape index (κ2) is 7.32. The van der Waals surface area contributed by atoms with Crippen LogP contribution in [0.15, 0.2) is 12.1 Å². The van der Waals surface area contributed by atoms with Gasteiger partial charge in [-0.2, -0.15) is 0 Å². The van der Waals surface area contributed by atoms with Crippen LogP contribution < -0.4 is 10.6 Å². The van der Waals surface area contributed by atoms with Crippen molar-refractivity contribution in [2.24, 2.45) is 0 Å². The van der Waals surface area contributed by atoms with Crippen LogP contribution in [0, 0.1) is 0 Å². The summed E-state index contributed by atoms with van der Waals surface area (Å²) in [5, 5.41) is 22.6. The molecule has 0 aliphatic carbocycles. The number of hydrogen-bond donors (Lipinski definition) is 4. The van der Waals surface area contributed by atoms with Crippen LogP contribution in [0.5, 0.6) is 0 Å². The Morgan fingerprint density at radius 2 is 2.16 bits per heavy atom. The summed E-state index contributed by atoms with van der Waals surface area (Å²) in [6.07, 6.45) is -1.50. The Bertz CT molecular complexity index is 452. The van der Waals surface area contributed by atoms with Crippen LogP contribution in [-0.4, -0.2) is 34.9 Å². The minimum absolute atomic E-state index is 0.0397. The zero-order chi connectivity index (χ0) is 14.4. The lowest BCUT2D eigenvalue weighted by molar-refractivity contribution is -0.146. The van der Waals surface area contributed by atoms with E-state index in [2.05, 4.69) is 10.6 Å². The molecule has 1 aromatic heterocycles. The summed E-state index contributed by atoms with van der Waals surface area (Å²) in [5.74, 6) is -1.30. The van der Waals surface area contributed by atoms with Gasteiger partial charge >= 0.3 is 12.0 Å². The summed E-state index contributed by atoms with van der Waals surface area (Å²) in [6, 6.07) is 2.96. The molecule has 0 aliphatic rings. The van der Waals surface area contributed by atoms with Crippen LogP contribution in [0.4, 0.5) is 4.79 Å². The standard InChI is InChI=1S/C11H15ClN2O4S/c1-6(8-2-3-9(12)19-8)14-11(18)13-5-4-7(15)10(16)17/h2-3,6-7,15H,4-5H2,1H3,(H,16,17)(H2,13,14,18). The van der Waals surface area contributed by atoms with E-state index in [1.807, 2.05) is 13.0 Å². The van der Waals surface area contributed by atoms with Crippen LogP contribution in [0.2, 0.25) is 4.34 Å². The third-order valence-electron chi connectivity index (χ3n) is 2.36. The van der Waals surface area contributed by atoms with Gasteiger partial charge < -0.3 is 20.8 Å². The Labute approximate surface area is 119 Å². The second-order valence-corrected chi connectivity index (χ2v) is 5.65. The van der Waals surface area contributed by atoms with E-state index in [9.17, 15) is 9.59 Å². The molecule has 0 radical (unpaired) electrons. The van der Waals surface area contributed by atoms with E-state index in [1.165, 1.54) is 11.3 Å². The van der Waals surface area contributed by atoms with Crippen molar-refractivity contribution in [3.8, 4) is 0 Å². The first-order valence-electron chi connectivity index (χ1n) is 5.60. The third-order valence-corrected chi connectivity index (χ3v) is 3.77. The van der Waals surface area contributed by atoms with Crippen LogP contribution in [0.3, 0.4) is 0 Å². The fourth-order valence-electron chi connectivity index (χ4n) is 1.33. The number of aliphatic carboxylic acids is 1. The fourth-order valence-corrected chi connectivity index (χ4v) is 2.39. The normalized spacial score (nSPS) is 13.6. The lowest BCUT2D eigenvalue weighted by Crippen LogP contribution is -2.38. The molecule has 4 N–H and O–H groups in total. The average Bonchev–Trinajstić information content (AvgIpc) is 2.75. The number of amides is 2. The molecular weight excluding hydrogens is 292 g/mol. The Hall–Kier alpha value is -1.31. The number of thiophene rings is 1. The number of nitrogens with one attached hydrogen (secondary N) is 2. The van der Waals surface area contributed by atoms with Gasteiger partial charge in [-0.05, 0) is 19.1 Å². The van der Waals surface area contributed by atoms with Gasteiger partial charge in [0.05, 0.1) is 10.4 Å². The van der Waals surface area contributed by atoms with Gasteiger partial charge in [0.1, 0.15) is 0 Å². The molecule has 0 saturated heterocycles. The van der Waals surface area contributed by atoms with Crippen molar-refractivity contribution in [1.29, 1.82) is 0 Å². The second-order valence-electron chi connectivity index (χ2n) is 3.91. The van der Waals surface area contributed by atoms with Crippen molar-refractivity contribution in [1.82, 2.24) is 10.6 Å². The van der Waals surface area contributed by atoms with Crippen molar-refractivity contribution in [3.05, 3.63) is 21.3 Å².